The summed E-state index contributed by atoms with van der Waals surface area (Å²) in [6.07, 6.45) is 5.17. The number of allylic oxidation sites excluding steroid dienone is 1. The number of benzene rings is 1. The first-order valence-corrected chi connectivity index (χ1v) is 7.93. The van der Waals surface area contributed by atoms with Crippen molar-refractivity contribution in [3.05, 3.63) is 71.2 Å². The largest absolute Gasteiger partial charge is 0.337 e. The normalized spacial score (nSPS) is 16.2. The fraction of sp³-hybridized carbons (Fsp3) is 0.0556. The topological polar surface area (TPSA) is 116 Å². The van der Waals surface area contributed by atoms with Gasteiger partial charge >= 0.3 is 0 Å². The summed E-state index contributed by atoms with van der Waals surface area (Å²) in [5, 5.41) is 28.4. The molecule has 1 aliphatic rings. The number of aromatic nitrogens is 5. The van der Waals surface area contributed by atoms with Crippen molar-refractivity contribution in [1.29, 1.82) is 5.26 Å². The summed E-state index contributed by atoms with van der Waals surface area (Å²) in [7, 11) is 0. The molecular weight excluding hydrogens is 330 g/mol. The van der Waals surface area contributed by atoms with Crippen molar-refractivity contribution in [3.63, 3.8) is 0 Å². The summed E-state index contributed by atoms with van der Waals surface area (Å²) in [5.41, 5.74) is 5.13. The monoisotopic (exact) mass is 341 g/mol. The molecule has 0 spiro atoms. The Morgan fingerprint density at radius 3 is 2.81 bits per heavy atom. The lowest BCUT2D eigenvalue weighted by atomic mass is 9.81. The van der Waals surface area contributed by atoms with Gasteiger partial charge in [0.2, 0.25) is 0 Å². The van der Waals surface area contributed by atoms with E-state index in [1.807, 2.05) is 30.3 Å². The molecule has 4 heterocycles. The van der Waals surface area contributed by atoms with Crippen LogP contribution in [0.15, 0.2) is 59.1 Å². The number of rotatable bonds is 2. The Morgan fingerprint density at radius 1 is 1.08 bits per heavy atom. The van der Waals surface area contributed by atoms with Gasteiger partial charge in [-0.25, -0.2) is 4.63 Å². The number of aromatic amines is 1. The van der Waals surface area contributed by atoms with Crippen molar-refractivity contribution in [3.8, 4) is 6.07 Å². The Hall–Kier alpha value is -3.99. The van der Waals surface area contributed by atoms with Gasteiger partial charge in [0.1, 0.15) is 11.0 Å². The first kappa shape index (κ1) is 14.4. The first-order chi connectivity index (χ1) is 12.9. The fourth-order valence-corrected chi connectivity index (χ4v) is 3.35. The summed E-state index contributed by atoms with van der Waals surface area (Å²) in [4.78, 5) is 4.05. The molecule has 4 aromatic rings. The molecule has 0 radical (unpaired) electrons. The average Bonchev–Trinajstić information content (AvgIpc) is 3.36. The number of fused-ring (bicyclic) bond motifs is 2. The lowest BCUT2D eigenvalue weighted by Gasteiger charge is -2.26. The summed E-state index contributed by atoms with van der Waals surface area (Å²) >= 11 is 0. The van der Waals surface area contributed by atoms with E-state index in [-0.39, 0.29) is 5.92 Å². The van der Waals surface area contributed by atoms with E-state index in [9.17, 15) is 5.26 Å². The molecule has 0 saturated carbocycles. The number of nitriles is 1. The molecule has 0 bridgehead atoms. The second-order valence-corrected chi connectivity index (χ2v) is 5.86. The summed E-state index contributed by atoms with van der Waals surface area (Å²) in [6, 6.07) is 11.7. The highest BCUT2D eigenvalue weighted by molar-refractivity contribution is 5.89. The van der Waals surface area contributed by atoms with E-state index in [4.69, 9.17) is 4.63 Å². The van der Waals surface area contributed by atoms with Crippen LogP contribution in [0, 0.1) is 11.3 Å². The van der Waals surface area contributed by atoms with Gasteiger partial charge in [-0.15, -0.1) is 0 Å². The highest BCUT2D eigenvalue weighted by atomic mass is 16.6. The molecule has 0 amide bonds. The minimum absolute atomic E-state index is 0.339. The Kier molecular flexibility index (Phi) is 3.05. The van der Waals surface area contributed by atoms with Gasteiger partial charge in [0.05, 0.1) is 23.3 Å². The van der Waals surface area contributed by atoms with E-state index in [1.54, 1.807) is 18.6 Å². The van der Waals surface area contributed by atoms with Crippen molar-refractivity contribution in [2.24, 2.45) is 0 Å². The van der Waals surface area contributed by atoms with Crippen molar-refractivity contribution < 1.29 is 4.63 Å². The van der Waals surface area contributed by atoms with Gasteiger partial charge in [0.25, 0.3) is 0 Å². The zero-order chi connectivity index (χ0) is 17.5. The van der Waals surface area contributed by atoms with Crippen LogP contribution >= 0.6 is 0 Å². The van der Waals surface area contributed by atoms with Gasteiger partial charge in [0.15, 0.2) is 5.82 Å². The van der Waals surface area contributed by atoms with Gasteiger partial charge in [-0.2, -0.15) is 10.4 Å². The third-order valence-corrected chi connectivity index (χ3v) is 4.50. The quantitative estimate of drug-likeness (QED) is 0.576. The van der Waals surface area contributed by atoms with Gasteiger partial charge in [0, 0.05) is 29.7 Å². The fourth-order valence-electron chi connectivity index (χ4n) is 3.35. The van der Waals surface area contributed by atoms with Crippen LogP contribution in [0.25, 0.3) is 16.7 Å². The van der Waals surface area contributed by atoms with Crippen LogP contribution in [-0.4, -0.2) is 25.5 Å². The van der Waals surface area contributed by atoms with Crippen molar-refractivity contribution in [2.45, 2.75) is 5.92 Å². The average molecular weight is 341 g/mol. The molecule has 2 N–H and O–H groups in total. The molecule has 124 valence electrons. The first-order valence-electron chi connectivity index (χ1n) is 7.93. The molecule has 26 heavy (non-hydrogen) atoms. The van der Waals surface area contributed by atoms with Crippen LogP contribution < -0.4 is 5.32 Å². The molecule has 3 aromatic heterocycles. The van der Waals surface area contributed by atoms with Crippen molar-refractivity contribution in [2.75, 3.05) is 5.32 Å². The van der Waals surface area contributed by atoms with Crippen molar-refractivity contribution >= 4 is 22.5 Å². The number of hydrogen-bond donors (Lipinski definition) is 2. The molecule has 5 rings (SSSR count). The number of H-pyrrole nitrogens is 1. The predicted molar refractivity (Wildman–Crippen MR) is 92.6 cm³/mol. The third-order valence-electron chi connectivity index (χ3n) is 4.50. The maximum absolute atomic E-state index is 9.99. The van der Waals surface area contributed by atoms with Crippen LogP contribution in [0.1, 0.15) is 22.6 Å². The minimum atomic E-state index is -0.339. The van der Waals surface area contributed by atoms with Crippen LogP contribution in [0.2, 0.25) is 0 Å². The van der Waals surface area contributed by atoms with E-state index < -0.39 is 0 Å². The number of pyridine rings is 1. The lowest BCUT2D eigenvalue weighted by molar-refractivity contribution is 0.315. The third kappa shape index (κ3) is 2.01. The highest BCUT2D eigenvalue weighted by Gasteiger charge is 2.33. The molecule has 8 nitrogen and oxygen atoms in total. The Balaban J connectivity index is 1.81. The summed E-state index contributed by atoms with van der Waals surface area (Å²) in [6.45, 7) is 0. The number of hydrogen-bond acceptors (Lipinski definition) is 7. The molecule has 8 heteroatoms. The minimum Gasteiger partial charge on any atom is -0.337 e. The standard InChI is InChI=1S/C18H11N7O/c19-8-12-15(11-2-1-3-14-17(11)25-26-24-14)13-9-21-23-18(13)22-16(12)10-4-6-20-7-5-10/h1-7,9,15H,(H2,21,22,23). The highest BCUT2D eigenvalue weighted by Crippen LogP contribution is 2.44. The molecule has 1 aliphatic heterocycles. The van der Waals surface area contributed by atoms with Crippen LogP contribution in [0.4, 0.5) is 5.82 Å². The maximum Gasteiger partial charge on any atom is 0.156 e. The summed E-state index contributed by atoms with van der Waals surface area (Å²) in [5.74, 6) is 0.336. The molecule has 0 saturated heterocycles. The molecule has 1 atom stereocenters. The van der Waals surface area contributed by atoms with Crippen LogP contribution in [-0.2, 0) is 0 Å². The van der Waals surface area contributed by atoms with Gasteiger partial charge in [-0.1, -0.05) is 12.1 Å². The maximum atomic E-state index is 9.99. The van der Waals surface area contributed by atoms with Gasteiger partial charge in [-0.3, -0.25) is 10.1 Å². The lowest BCUT2D eigenvalue weighted by Crippen LogP contribution is -2.17. The Bertz CT molecular complexity index is 1180. The van der Waals surface area contributed by atoms with Gasteiger partial charge in [-0.05, 0) is 34.1 Å². The molecular formula is C18H11N7O. The zero-order valence-corrected chi connectivity index (χ0v) is 13.3. The molecule has 1 unspecified atom stereocenters. The second kappa shape index (κ2) is 5.53. The van der Waals surface area contributed by atoms with E-state index in [1.165, 1.54) is 0 Å². The predicted octanol–water partition coefficient (Wildman–Crippen LogP) is 2.83. The number of nitrogens with one attached hydrogen (secondary N) is 2. The van der Waals surface area contributed by atoms with Gasteiger partial charge < -0.3 is 5.32 Å². The van der Waals surface area contributed by atoms with E-state index in [2.05, 4.69) is 36.9 Å². The number of nitrogens with zero attached hydrogens (tertiary/aromatic N) is 5. The summed E-state index contributed by atoms with van der Waals surface area (Å²) < 4.78 is 4.90. The smallest absolute Gasteiger partial charge is 0.156 e. The Labute approximate surface area is 147 Å². The van der Waals surface area contributed by atoms with Crippen LogP contribution in [0.5, 0.6) is 0 Å². The molecule has 1 aromatic carbocycles. The van der Waals surface area contributed by atoms with E-state index >= 15 is 0 Å². The van der Waals surface area contributed by atoms with E-state index in [0.29, 0.717) is 28.1 Å². The SMILES string of the molecule is N#CC1=C(c2ccncc2)Nc2n[nH]cc2C1c1cccc2nonc12. The zero-order valence-electron chi connectivity index (χ0n) is 13.3. The van der Waals surface area contributed by atoms with E-state index in [0.717, 1.165) is 16.7 Å². The second-order valence-electron chi connectivity index (χ2n) is 5.86. The molecule has 0 fully saturated rings. The van der Waals surface area contributed by atoms with Crippen LogP contribution in [0.3, 0.4) is 0 Å². The Morgan fingerprint density at radius 2 is 1.96 bits per heavy atom. The molecule has 0 aliphatic carbocycles. The number of anilines is 1. The van der Waals surface area contributed by atoms with Crippen molar-refractivity contribution in [1.82, 2.24) is 25.5 Å².